The van der Waals surface area contributed by atoms with E-state index in [1.807, 2.05) is 11.6 Å². The van der Waals surface area contributed by atoms with Crippen LogP contribution in [0.25, 0.3) is 0 Å². The molecule has 2 rings (SSSR count). The minimum Gasteiger partial charge on any atom is -0.312 e. The van der Waals surface area contributed by atoms with Crippen LogP contribution in [0.4, 0.5) is 0 Å². The highest BCUT2D eigenvalue weighted by atomic mass is 79.9. The number of nitrogens with zero attached hydrogens (tertiary/aromatic N) is 3. The van der Waals surface area contributed by atoms with Crippen LogP contribution in [0.15, 0.2) is 39.1 Å². The molecule has 0 aliphatic rings. The molecular weight excluding hydrogens is 336 g/mol. The van der Waals surface area contributed by atoms with E-state index in [1.54, 1.807) is 18.1 Å². The Kier molecular flexibility index (Phi) is 5.63. The molecule has 0 bridgehead atoms. The normalized spacial score (nSPS) is 11.2. The van der Waals surface area contributed by atoms with Crippen molar-refractivity contribution in [3.8, 4) is 0 Å². The lowest BCUT2D eigenvalue weighted by Crippen LogP contribution is -2.19. The van der Waals surface area contributed by atoms with Crippen molar-refractivity contribution < 1.29 is 0 Å². The van der Waals surface area contributed by atoms with Gasteiger partial charge in [-0.25, -0.2) is 0 Å². The van der Waals surface area contributed by atoms with Gasteiger partial charge in [-0.05, 0) is 41.9 Å². The number of hydrogen-bond acceptors (Lipinski definition) is 4. The van der Waals surface area contributed by atoms with Crippen LogP contribution in [0, 0.1) is 5.92 Å². The summed E-state index contributed by atoms with van der Waals surface area (Å²) in [6.45, 7) is 6.33. The first-order chi connectivity index (χ1) is 9.56. The van der Waals surface area contributed by atoms with Gasteiger partial charge in [0.1, 0.15) is 6.33 Å². The van der Waals surface area contributed by atoms with Crippen molar-refractivity contribution in [3.05, 3.63) is 34.6 Å². The van der Waals surface area contributed by atoms with Crippen molar-refractivity contribution in [2.24, 2.45) is 13.0 Å². The summed E-state index contributed by atoms with van der Waals surface area (Å²) in [7, 11) is 1.95. The summed E-state index contributed by atoms with van der Waals surface area (Å²) < 4.78 is 3.04. The Balaban J connectivity index is 2.00. The van der Waals surface area contributed by atoms with Gasteiger partial charge in [0.05, 0.1) is 0 Å². The van der Waals surface area contributed by atoms with E-state index in [0.717, 1.165) is 27.6 Å². The Morgan fingerprint density at radius 2 is 2.20 bits per heavy atom. The van der Waals surface area contributed by atoms with Crippen molar-refractivity contribution in [3.63, 3.8) is 0 Å². The van der Waals surface area contributed by atoms with Crippen molar-refractivity contribution in [2.75, 3.05) is 6.54 Å². The Morgan fingerprint density at radius 3 is 2.80 bits per heavy atom. The van der Waals surface area contributed by atoms with Gasteiger partial charge in [-0.3, -0.25) is 0 Å². The molecule has 1 aromatic carbocycles. The maximum absolute atomic E-state index is 4.08. The minimum atomic E-state index is 0.666. The van der Waals surface area contributed by atoms with E-state index in [4.69, 9.17) is 0 Å². The molecule has 0 aliphatic heterocycles. The largest absolute Gasteiger partial charge is 0.312 e. The van der Waals surface area contributed by atoms with Gasteiger partial charge in [-0.15, -0.1) is 10.2 Å². The summed E-state index contributed by atoms with van der Waals surface area (Å²) in [5.74, 6) is 0.666. The third-order valence-electron chi connectivity index (χ3n) is 2.77. The van der Waals surface area contributed by atoms with E-state index in [2.05, 4.69) is 63.5 Å². The number of hydrogen-bond donors (Lipinski definition) is 1. The van der Waals surface area contributed by atoms with E-state index in [1.165, 1.54) is 5.56 Å². The molecule has 2 aromatic rings. The van der Waals surface area contributed by atoms with Gasteiger partial charge < -0.3 is 9.88 Å². The SMILES string of the molecule is CC(C)CNCc1ccc(Sc2nncn2C)cc1Br. The molecule has 0 saturated carbocycles. The highest BCUT2D eigenvalue weighted by Gasteiger charge is 2.06. The van der Waals surface area contributed by atoms with Gasteiger partial charge in [0.25, 0.3) is 0 Å². The fraction of sp³-hybridized carbons (Fsp3) is 0.429. The van der Waals surface area contributed by atoms with E-state index in [9.17, 15) is 0 Å². The van der Waals surface area contributed by atoms with Crippen LogP contribution in [0.1, 0.15) is 19.4 Å². The molecule has 0 unspecified atom stereocenters. The summed E-state index contributed by atoms with van der Waals surface area (Å²) in [6, 6.07) is 6.40. The molecule has 4 nitrogen and oxygen atoms in total. The van der Waals surface area contributed by atoms with Crippen LogP contribution in [0.5, 0.6) is 0 Å². The lowest BCUT2D eigenvalue weighted by atomic mass is 10.2. The summed E-state index contributed by atoms with van der Waals surface area (Å²) in [6.07, 6.45) is 1.71. The molecule has 1 N–H and O–H groups in total. The third-order valence-corrected chi connectivity index (χ3v) is 4.55. The van der Waals surface area contributed by atoms with Gasteiger partial charge >= 0.3 is 0 Å². The Morgan fingerprint density at radius 1 is 1.40 bits per heavy atom. The summed E-state index contributed by atoms with van der Waals surface area (Å²) >= 11 is 5.25. The number of benzene rings is 1. The highest BCUT2D eigenvalue weighted by molar-refractivity contribution is 9.10. The van der Waals surface area contributed by atoms with Gasteiger partial charge in [0.2, 0.25) is 0 Å². The molecule has 0 aliphatic carbocycles. The zero-order valence-electron chi connectivity index (χ0n) is 11.9. The zero-order chi connectivity index (χ0) is 14.5. The van der Waals surface area contributed by atoms with Gasteiger partial charge in [0.15, 0.2) is 5.16 Å². The Labute approximate surface area is 132 Å². The molecule has 20 heavy (non-hydrogen) atoms. The fourth-order valence-corrected chi connectivity index (χ4v) is 3.17. The van der Waals surface area contributed by atoms with E-state index in [-0.39, 0.29) is 0 Å². The second kappa shape index (κ2) is 7.24. The topological polar surface area (TPSA) is 42.7 Å². The van der Waals surface area contributed by atoms with Crippen LogP contribution in [-0.2, 0) is 13.6 Å². The molecule has 0 fully saturated rings. The van der Waals surface area contributed by atoms with Crippen LogP contribution >= 0.6 is 27.7 Å². The Bertz CT molecular complexity index is 568. The highest BCUT2D eigenvalue weighted by Crippen LogP contribution is 2.29. The summed E-state index contributed by atoms with van der Waals surface area (Å²) in [4.78, 5) is 1.15. The van der Waals surface area contributed by atoms with Crippen molar-refractivity contribution in [1.82, 2.24) is 20.1 Å². The van der Waals surface area contributed by atoms with Crippen LogP contribution in [-0.4, -0.2) is 21.3 Å². The molecule has 0 saturated heterocycles. The van der Waals surface area contributed by atoms with E-state index in [0.29, 0.717) is 5.92 Å². The zero-order valence-corrected chi connectivity index (χ0v) is 14.3. The van der Waals surface area contributed by atoms with Crippen LogP contribution in [0.2, 0.25) is 0 Å². The molecule has 6 heteroatoms. The minimum absolute atomic E-state index is 0.666. The number of aromatic nitrogens is 3. The van der Waals surface area contributed by atoms with Crippen molar-refractivity contribution >= 4 is 27.7 Å². The second-order valence-corrected chi connectivity index (χ2v) is 7.00. The second-order valence-electron chi connectivity index (χ2n) is 5.10. The predicted molar refractivity (Wildman–Crippen MR) is 85.8 cm³/mol. The van der Waals surface area contributed by atoms with Crippen molar-refractivity contribution in [1.29, 1.82) is 0 Å². The van der Waals surface area contributed by atoms with Crippen LogP contribution < -0.4 is 5.32 Å². The molecule has 0 radical (unpaired) electrons. The summed E-state index contributed by atoms with van der Waals surface area (Å²) in [5, 5.41) is 12.3. The fourth-order valence-electron chi connectivity index (χ4n) is 1.70. The van der Waals surface area contributed by atoms with Crippen molar-refractivity contribution in [2.45, 2.75) is 30.4 Å². The number of rotatable bonds is 6. The van der Waals surface area contributed by atoms with E-state index < -0.39 is 0 Å². The van der Waals surface area contributed by atoms with E-state index >= 15 is 0 Å². The van der Waals surface area contributed by atoms with Gasteiger partial charge in [-0.1, -0.05) is 35.8 Å². The molecule has 1 aromatic heterocycles. The van der Waals surface area contributed by atoms with Crippen LogP contribution in [0.3, 0.4) is 0 Å². The summed E-state index contributed by atoms with van der Waals surface area (Å²) in [5.41, 5.74) is 1.27. The molecule has 108 valence electrons. The monoisotopic (exact) mass is 354 g/mol. The smallest absolute Gasteiger partial charge is 0.195 e. The molecule has 0 atom stereocenters. The third kappa shape index (κ3) is 4.33. The standard InChI is InChI=1S/C14H19BrN4S/c1-10(2)7-16-8-11-4-5-12(6-13(11)15)20-14-18-17-9-19(14)3/h4-6,9-10,16H,7-8H2,1-3H3. The average Bonchev–Trinajstić information content (AvgIpc) is 2.77. The first-order valence-electron chi connectivity index (χ1n) is 6.57. The molecule has 0 amide bonds. The molecule has 1 heterocycles. The first-order valence-corrected chi connectivity index (χ1v) is 8.18. The Hall–Kier alpha value is -0.850. The first kappa shape index (κ1) is 15.5. The quantitative estimate of drug-likeness (QED) is 0.862. The number of nitrogens with one attached hydrogen (secondary N) is 1. The maximum atomic E-state index is 4.08. The van der Waals surface area contributed by atoms with Gasteiger partial charge in [-0.2, -0.15) is 0 Å². The molecular formula is C14H19BrN4S. The van der Waals surface area contributed by atoms with Gasteiger partial charge in [0, 0.05) is 23.0 Å². The maximum Gasteiger partial charge on any atom is 0.195 e. The lowest BCUT2D eigenvalue weighted by Gasteiger charge is -2.10. The number of halogens is 1. The average molecular weight is 355 g/mol. The lowest BCUT2D eigenvalue weighted by molar-refractivity contribution is 0.551. The predicted octanol–water partition coefficient (Wildman–Crippen LogP) is 3.47. The number of aryl methyl sites for hydroxylation is 1. The molecule has 0 spiro atoms.